The molecule has 1 aromatic carbocycles. The van der Waals surface area contributed by atoms with E-state index in [1.165, 1.54) is 0 Å². The van der Waals surface area contributed by atoms with Crippen molar-refractivity contribution in [3.8, 4) is 0 Å². The Labute approximate surface area is 119 Å². The fraction of sp³-hybridized carbons (Fsp3) is 0.500. The minimum Gasteiger partial charge on any atom is -0.292 e. The van der Waals surface area contributed by atoms with Crippen LogP contribution in [0.2, 0.25) is 0 Å². The largest absolute Gasteiger partial charge is 0.545 e. The van der Waals surface area contributed by atoms with Crippen LogP contribution < -0.4 is 0 Å². The summed E-state index contributed by atoms with van der Waals surface area (Å²) in [6.07, 6.45) is 1.94. The second kappa shape index (κ2) is 7.58. The molecule has 0 bridgehead atoms. The van der Waals surface area contributed by atoms with Gasteiger partial charge >= 0.3 is 7.82 Å². The maximum absolute atomic E-state index is 10.9. The zero-order chi connectivity index (χ0) is 15.2. The molecule has 112 valence electrons. The number of hydrogen-bond acceptors (Lipinski definition) is 3. The van der Waals surface area contributed by atoms with Crippen molar-refractivity contribution in [1.29, 1.82) is 0 Å². The molecule has 2 N–H and O–H groups in total. The molecule has 1 atom stereocenters. The number of phosphoric acid groups is 1. The fourth-order valence-electron chi connectivity index (χ4n) is 2.32. The highest BCUT2D eigenvalue weighted by molar-refractivity contribution is 7.46. The summed E-state index contributed by atoms with van der Waals surface area (Å²) < 4.78 is 15.2. The van der Waals surface area contributed by atoms with E-state index in [4.69, 9.17) is 9.79 Å². The van der Waals surface area contributed by atoms with Gasteiger partial charge in [0.2, 0.25) is 0 Å². The van der Waals surface area contributed by atoms with E-state index in [1.54, 1.807) is 0 Å². The number of oxime groups is 1. The van der Waals surface area contributed by atoms with Crippen LogP contribution in [0.3, 0.4) is 0 Å². The van der Waals surface area contributed by atoms with Crippen molar-refractivity contribution in [2.24, 2.45) is 17.0 Å². The Morgan fingerprint density at radius 2 is 1.80 bits per heavy atom. The highest BCUT2D eigenvalue weighted by Gasteiger charge is 2.23. The van der Waals surface area contributed by atoms with Gasteiger partial charge in [0.25, 0.3) is 0 Å². The lowest BCUT2D eigenvalue weighted by atomic mass is 9.83. The van der Waals surface area contributed by atoms with Crippen molar-refractivity contribution < 1.29 is 19.0 Å². The number of hydrogen-bond donors (Lipinski definition) is 2. The van der Waals surface area contributed by atoms with Crippen LogP contribution in [0.15, 0.2) is 35.5 Å². The zero-order valence-electron chi connectivity index (χ0n) is 12.1. The molecule has 0 aliphatic rings. The lowest BCUT2D eigenvalue weighted by Crippen LogP contribution is -2.21. The zero-order valence-corrected chi connectivity index (χ0v) is 13.0. The Bertz CT molecular complexity index is 479. The summed E-state index contributed by atoms with van der Waals surface area (Å²) in [6.45, 7) is 6.20. The molecule has 0 saturated carbocycles. The minimum atomic E-state index is -4.61. The third-order valence-corrected chi connectivity index (χ3v) is 3.80. The molecule has 0 spiro atoms. The topological polar surface area (TPSA) is 79.1 Å². The molecule has 0 aliphatic carbocycles. The van der Waals surface area contributed by atoms with E-state index in [1.807, 2.05) is 37.3 Å². The van der Waals surface area contributed by atoms with Crippen molar-refractivity contribution in [3.63, 3.8) is 0 Å². The van der Waals surface area contributed by atoms with Crippen LogP contribution in [0.1, 0.15) is 39.2 Å². The van der Waals surface area contributed by atoms with Crippen molar-refractivity contribution in [1.82, 2.24) is 0 Å². The van der Waals surface area contributed by atoms with Gasteiger partial charge in [0.15, 0.2) is 0 Å². The summed E-state index contributed by atoms with van der Waals surface area (Å²) in [5, 5.41) is 3.74. The highest BCUT2D eigenvalue weighted by Crippen LogP contribution is 2.37. The van der Waals surface area contributed by atoms with Crippen LogP contribution in [0, 0.1) is 11.8 Å². The summed E-state index contributed by atoms with van der Waals surface area (Å²) >= 11 is 0. The van der Waals surface area contributed by atoms with E-state index in [2.05, 4.69) is 23.6 Å². The quantitative estimate of drug-likeness (QED) is 0.458. The van der Waals surface area contributed by atoms with E-state index in [0.29, 0.717) is 11.6 Å². The molecule has 0 heterocycles. The summed E-state index contributed by atoms with van der Waals surface area (Å²) in [5.41, 5.74) is 1.39. The van der Waals surface area contributed by atoms with Crippen LogP contribution in [-0.2, 0) is 9.19 Å². The Balaban J connectivity index is 3.11. The van der Waals surface area contributed by atoms with Gasteiger partial charge in [-0.2, -0.15) is 0 Å². The smallest absolute Gasteiger partial charge is 0.292 e. The highest BCUT2D eigenvalue weighted by atomic mass is 31.2. The standard InChI is InChI=1S/C14H22NO4P/c1-4-12(5-2)11(3)14(15-19-20(16,17)18)13-9-7-6-8-10-13/h6-12H,4-5H2,1-3H3,(H2,16,17,18). The van der Waals surface area contributed by atoms with Gasteiger partial charge < -0.3 is 0 Å². The first-order valence-corrected chi connectivity index (χ1v) is 8.29. The van der Waals surface area contributed by atoms with Gasteiger partial charge in [-0.25, -0.2) is 4.57 Å². The van der Waals surface area contributed by atoms with Gasteiger partial charge in [-0.3, -0.25) is 14.4 Å². The van der Waals surface area contributed by atoms with Gasteiger partial charge in [0, 0.05) is 5.92 Å². The molecule has 0 aliphatic heterocycles. The third kappa shape index (κ3) is 5.08. The second-order valence-corrected chi connectivity index (χ2v) is 5.92. The summed E-state index contributed by atoms with van der Waals surface area (Å²) in [4.78, 5) is 17.7. The van der Waals surface area contributed by atoms with E-state index in [0.717, 1.165) is 18.4 Å². The molecule has 5 nitrogen and oxygen atoms in total. The maximum Gasteiger partial charge on any atom is 0.545 e. The average molecular weight is 299 g/mol. The van der Waals surface area contributed by atoms with Crippen LogP contribution in [-0.4, -0.2) is 15.5 Å². The van der Waals surface area contributed by atoms with Crippen molar-refractivity contribution in [2.75, 3.05) is 0 Å². The van der Waals surface area contributed by atoms with Crippen LogP contribution in [0.5, 0.6) is 0 Å². The third-order valence-electron chi connectivity index (χ3n) is 3.50. The maximum atomic E-state index is 10.9. The Morgan fingerprint density at radius 3 is 2.25 bits per heavy atom. The van der Waals surface area contributed by atoms with Gasteiger partial charge in [-0.15, -0.1) is 0 Å². The summed E-state index contributed by atoms with van der Waals surface area (Å²) in [5.74, 6) is 0.438. The van der Waals surface area contributed by atoms with E-state index in [-0.39, 0.29) is 5.92 Å². The average Bonchev–Trinajstić information content (AvgIpc) is 2.40. The summed E-state index contributed by atoms with van der Waals surface area (Å²) in [6, 6.07) is 9.33. The van der Waals surface area contributed by atoms with Gasteiger partial charge in [0.1, 0.15) is 0 Å². The molecule has 6 heteroatoms. The van der Waals surface area contributed by atoms with Crippen molar-refractivity contribution >= 4 is 13.5 Å². The molecule has 0 amide bonds. The predicted molar refractivity (Wildman–Crippen MR) is 79.3 cm³/mol. The first-order chi connectivity index (χ1) is 9.39. The van der Waals surface area contributed by atoms with E-state index >= 15 is 0 Å². The predicted octanol–water partition coefficient (Wildman–Crippen LogP) is 3.57. The first-order valence-electron chi connectivity index (χ1n) is 6.76. The van der Waals surface area contributed by atoms with Gasteiger partial charge in [0.05, 0.1) is 5.71 Å². The number of nitrogens with zero attached hydrogens (tertiary/aromatic N) is 1. The second-order valence-electron chi connectivity index (χ2n) is 4.78. The summed E-state index contributed by atoms with van der Waals surface area (Å²) in [7, 11) is -4.61. The molecule has 0 saturated heterocycles. The number of rotatable bonds is 7. The number of benzene rings is 1. The fourth-order valence-corrected chi connectivity index (χ4v) is 2.52. The van der Waals surface area contributed by atoms with Crippen molar-refractivity contribution in [3.05, 3.63) is 35.9 Å². The molecule has 1 rings (SSSR count). The SMILES string of the molecule is CCC(CC)C(C)C(=NOP(=O)(O)O)c1ccccc1. The lowest BCUT2D eigenvalue weighted by Gasteiger charge is -2.22. The molecular weight excluding hydrogens is 277 g/mol. The lowest BCUT2D eigenvalue weighted by molar-refractivity contribution is 0.203. The van der Waals surface area contributed by atoms with Crippen LogP contribution in [0.25, 0.3) is 0 Å². The molecule has 0 aromatic heterocycles. The molecule has 1 unspecified atom stereocenters. The molecular formula is C14H22NO4P. The van der Waals surface area contributed by atoms with Crippen molar-refractivity contribution in [2.45, 2.75) is 33.6 Å². The van der Waals surface area contributed by atoms with Crippen LogP contribution >= 0.6 is 7.82 Å². The molecule has 20 heavy (non-hydrogen) atoms. The molecule has 0 fully saturated rings. The Kier molecular flexibility index (Phi) is 6.40. The Morgan fingerprint density at radius 1 is 1.25 bits per heavy atom. The van der Waals surface area contributed by atoms with E-state index < -0.39 is 7.82 Å². The molecule has 0 radical (unpaired) electrons. The monoisotopic (exact) mass is 299 g/mol. The first kappa shape index (κ1) is 16.9. The van der Waals surface area contributed by atoms with Crippen LogP contribution in [0.4, 0.5) is 0 Å². The normalized spacial score (nSPS) is 14.4. The van der Waals surface area contributed by atoms with Gasteiger partial charge in [-0.05, 0) is 11.5 Å². The molecule has 1 aromatic rings. The van der Waals surface area contributed by atoms with E-state index in [9.17, 15) is 4.57 Å². The minimum absolute atomic E-state index is 0.0546. The van der Waals surface area contributed by atoms with Gasteiger partial charge in [-0.1, -0.05) is 69.1 Å². The Hall–Kier alpha value is -1.16.